The average Bonchev–Trinajstić information content (AvgIpc) is 2.30. The fourth-order valence-corrected chi connectivity index (χ4v) is 3.36. The number of rotatable bonds is 3. The molecule has 0 amide bonds. The molecular weight excluding hydrogens is 292 g/mol. The topological polar surface area (TPSA) is 74.6 Å². The number of hydrogen-bond acceptors (Lipinski definition) is 3. The van der Waals surface area contributed by atoms with Gasteiger partial charge in [-0.3, -0.25) is 4.79 Å². The Morgan fingerprint density at radius 1 is 1.26 bits per heavy atom. The van der Waals surface area contributed by atoms with Crippen LogP contribution in [0.2, 0.25) is 0 Å². The molecule has 23 heavy (non-hydrogen) atoms. The number of Topliss-reactive ketones (excluding diaryl/α,β-unsaturated/α-hetero) is 1. The molecule has 0 fully saturated rings. The molecule has 4 nitrogen and oxygen atoms in total. The van der Waals surface area contributed by atoms with Crippen molar-refractivity contribution < 1.29 is 19.8 Å². The van der Waals surface area contributed by atoms with E-state index in [0.29, 0.717) is 16.7 Å². The highest BCUT2D eigenvalue weighted by Gasteiger charge is 2.51. The van der Waals surface area contributed by atoms with Gasteiger partial charge in [0, 0.05) is 23.5 Å². The summed E-state index contributed by atoms with van der Waals surface area (Å²) in [4.78, 5) is 23.3. The molecule has 1 rings (SSSR count). The standard InChI is InChI=1S/C19H28O4/c1-12(10-15(21)22)8-9-19(23)13(2)16(17(3,4)5)14(20)11-18(19,6)7/h8-10,23H,11H2,1-7H3,(H,21,22)/b9-8+,12-10-. The van der Waals surface area contributed by atoms with Crippen molar-refractivity contribution in [2.45, 2.75) is 60.5 Å². The summed E-state index contributed by atoms with van der Waals surface area (Å²) in [7, 11) is 0. The van der Waals surface area contributed by atoms with E-state index in [2.05, 4.69) is 0 Å². The number of carbonyl (C=O) groups is 2. The minimum atomic E-state index is -1.29. The summed E-state index contributed by atoms with van der Waals surface area (Å²) in [5.41, 5.74) is -0.482. The third-order valence-electron chi connectivity index (χ3n) is 4.55. The zero-order chi connectivity index (χ0) is 18.2. The molecule has 0 aromatic rings. The lowest BCUT2D eigenvalue weighted by atomic mass is 9.59. The molecule has 4 heteroatoms. The van der Waals surface area contributed by atoms with Crippen LogP contribution in [0.3, 0.4) is 0 Å². The maximum atomic E-state index is 12.6. The van der Waals surface area contributed by atoms with Crippen LogP contribution in [-0.4, -0.2) is 27.6 Å². The quantitative estimate of drug-likeness (QED) is 0.614. The molecule has 0 saturated carbocycles. The Labute approximate surface area is 138 Å². The van der Waals surface area contributed by atoms with Crippen LogP contribution < -0.4 is 0 Å². The molecular formula is C19H28O4. The van der Waals surface area contributed by atoms with Crippen LogP contribution in [0.15, 0.2) is 34.9 Å². The van der Waals surface area contributed by atoms with Crippen LogP contribution in [-0.2, 0) is 9.59 Å². The zero-order valence-corrected chi connectivity index (χ0v) is 15.2. The second-order valence-corrected chi connectivity index (χ2v) is 8.06. The van der Waals surface area contributed by atoms with Crippen molar-refractivity contribution in [1.29, 1.82) is 0 Å². The lowest BCUT2D eigenvalue weighted by Gasteiger charge is -2.47. The Bertz CT molecular complexity index is 612. The third-order valence-corrected chi connectivity index (χ3v) is 4.55. The molecule has 1 aliphatic carbocycles. The van der Waals surface area contributed by atoms with Gasteiger partial charge in [-0.15, -0.1) is 0 Å². The first kappa shape index (κ1) is 19.4. The van der Waals surface area contributed by atoms with Gasteiger partial charge in [0.25, 0.3) is 0 Å². The number of hydrogen-bond donors (Lipinski definition) is 2. The van der Waals surface area contributed by atoms with Crippen molar-refractivity contribution in [2.24, 2.45) is 10.8 Å². The number of carbonyl (C=O) groups excluding carboxylic acids is 1. The molecule has 0 spiro atoms. The monoisotopic (exact) mass is 320 g/mol. The summed E-state index contributed by atoms with van der Waals surface area (Å²) in [5, 5.41) is 20.1. The molecule has 1 unspecified atom stereocenters. The van der Waals surface area contributed by atoms with Crippen molar-refractivity contribution in [3.05, 3.63) is 34.9 Å². The van der Waals surface area contributed by atoms with E-state index in [1.807, 2.05) is 34.6 Å². The first-order valence-electron chi connectivity index (χ1n) is 7.80. The summed E-state index contributed by atoms with van der Waals surface area (Å²) in [6.45, 7) is 13.0. The van der Waals surface area contributed by atoms with Crippen LogP contribution in [0.25, 0.3) is 0 Å². The van der Waals surface area contributed by atoms with Crippen molar-refractivity contribution in [3.8, 4) is 0 Å². The average molecular weight is 320 g/mol. The summed E-state index contributed by atoms with van der Waals surface area (Å²) >= 11 is 0. The van der Waals surface area contributed by atoms with Gasteiger partial charge < -0.3 is 10.2 Å². The number of aliphatic hydroxyl groups is 1. The lowest BCUT2D eigenvalue weighted by molar-refractivity contribution is -0.131. The van der Waals surface area contributed by atoms with Crippen molar-refractivity contribution in [3.63, 3.8) is 0 Å². The van der Waals surface area contributed by atoms with E-state index in [4.69, 9.17) is 5.11 Å². The molecule has 0 saturated heterocycles. The fraction of sp³-hybridized carbons (Fsp3) is 0.579. The molecule has 1 atom stereocenters. The normalized spacial score (nSPS) is 26.1. The van der Waals surface area contributed by atoms with E-state index in [1.54, 1.807) is 26.0 Å². The molecule has 0 bridgehead atoms. The van der Waals surface area contributed by atoms with Crippen LogP contribution in [0.1, 0.15) is 54.9 Å². The number of carboxylic acids is 1. The molecule has 1 aliphatic rings. The summed E-state index contributed by atoms with van der Waals surface area (Å²) in [6, 6.07) is 0. The smallest absolute Gasteiger partial charge is 0.328 e. The predicted octanol–water partition coefficient (Wildman–Crippen LogP) is 3.67. The fourth-order valence-electron chi connectivity index (χ4n) is 3.36. The highest BCUT2D eigenvalue weighted by molar-refractivity contribution is 5.99. The van der Waals surface area contributed by atoms with Gasteiger partial charge >= 0.3 is 5.97 Å². The Hall–Kier alpha value is -1.68. The number of aliphatic carboxylic acids is 1. The first-order chi connectivity index (χ1) is 10.2. The van der Waals surface area contributed by atoms with Gasteiger partial charge in [0.1, 0.15) is 5.60 Å². The minimum absolute atomic E-state index is 0.0656. The molecule has 0 heterocycles. The second-order valence-electron chi connectivity index (χ2n) is 8.06. The van der Waals surface area contributed by atoms with Gasteiger partial charge in [-0.05, 0) is 36.5 Å². The molecule has 0 aromatic heterocycles. The van der Waals surface area contributed by atoms with E-state index >= 15 is 0 Å². The SMILES string of the molecule is CC1=C(C(C)(C)C)C(=O)CC(C)(C)C1(O)/C=C/C(C)=C\C(=O)O. The maximum Gasteiger partial charge on any atom is 0.328 e. The molecule has 0 aromatic carbocycles. The molecule has 0 radical (unpaired) electrons. The highest BCUT2D eigenvalue weighted by Crippen LogP contribution is 2.49. The van der Waals surface area contributed by atoms with Crippen molar-refractivity contribution >= 4 is 11.8 Å². The highest BCUT2D eigenvalue weighted by atomic mass is 16.4. The Kier molecular flexibility index (Phi) is 5.12. The first-order valence-corrected chi connectivity index (χ1v) is 7.80. The predicted molar refractivity (Wildman–Crippen MR) is 91.0 cm³/mol. The second kappa shape index (κ2) is 6.08. The van der Waals surface area contributed by atoms with Gasteiger partial charge in [0.05, 0.1) is 0 Å². The van der Waals surface area contributed by atoms with E-state index in [-0.39, 0.29) is 17.6 Å². The van der Waals surface area contributed by atoms with Gasteiger partial charge in [-0.2, -0.15) is 0 Å². The Balaban J connectivity index is 3.50. The third kappa shape index (κ3) is 3.81. The van der Waals surface area contributed by atoms with Crippen LogP contribution in [0, 0.1) is 10.8 Å². The Morgan fingerprint density at radius 2 is 1.78 bits per heavy atom. The van der Waals surface area contributed by atoms with E-state index in [0.717, 1.165) is 6.08 Å². The lowest BCUT2D eigenvalue weighted by Crippen LogP contribution is -2.50. The number of ketones is 1. The van der Waals surface area contributed by atoms with E-state index < -0.39 is 17.0 Å². The number of carboxylic acid groups (broad SMARTS) is 1. The largest absolute Gasteiger partial charge is 0.478 e. The van der Waals surface area contributed by atoms with Crippen LogP contribution in [0.5, 0.6) is 0 Å². The van der Waals surface area contributed by atoms with Gasteiger partial charge in [0.2, 0.25) is 0 Å². The van der Waals surface area contributed by atoms with Crippen molar-refractivity contribution in [1.82, 2.24) is 0 Å². The summed E-state index contributed by atoms with van der Waals surface area (Å²) < 4.78 is 0. The minimum Gasteiger partial charge on any atom is -0.478 e. The molecule has 128 valence electrons. The number of allylic oxidation sites excluding steroid dienone is 3. The van der Waals surface area contributed by atoms with E-state index in [1.165, 1.54) is 0 Å². The van der Waals surface area contributed by atoms with Gasteiger partial charge in [-0.1, -0.05) is 40.7 Å². The molecule has 0 aliphatic heterocycles. The Morgan fingerprint density at radius 3 is 2.22 bits per heavy atom. The zero-order valence-electron chi connectivity index (χ0n) is 15.2. The van der Waals surface area contributed by atoms with Gasteiger partial charge in [0.15, 0.2) is 5.78 Å². The van der Waals surface area contributed by atoms with Crippen molar-refractivity contribution in [2.75, 3.05) is 0 Å². The van der Waals surface area contributed by atoms with E-state index in [9.17, 15) is 14.7 Å². The van der Waals surface area contributed by atoms with Crippen LogP contribution in [0.4, 0.5) is 0 Å². The maximum absolute atomic E-state index is 12.6. The van der Waals surface area contributed by atoms with Gasteiger partial charge in [-0.25, -0.2) is 4.79 Å². The molecule has 2 N–H and O–H groups in total. The summed E-state index contributed by atoms with van der Waals surface area (Å²) in [6.07, 6.45) is 4.56. The summed E-state index contributed by atoms with van der Waals surface area (Å²) in [5.74, 6) is -0.962. The van der Waals surface area contributed by atoms with Crippen LogP contribution >= 0.6 is 0 Å².